The summed E-state index contributed by atoms with van der Waals surface area (Å²) in [6.07, 6.45) is 2.06. The zero-order valence-electron chi connectivity index (χ0n) is 18.5. The van der Waals surface area contributed by atoms with E-state index in [1.165, 1.54) is 5.56 Å². The molecule has 1 aromatic carbocycles. The van der Waals surface area contributed by atoms with Gasteiger partial charge in [0.05, 0.1) is 17.9 Å². The normalized spacial score (nSPS) is 15.7. The fraction of sp³-hybridized carbons (Fsp3) is 0.565. The highest BCUT2D eigenvalue weighted by Crippen LogP contribution is 2.31. The van der Waals surface area contributed by atoms with E-state index in [0.29, 0.717) is 16.9 Å². The van der Waals surface area contributed by atoms with Crippen LogP contribution in [0.4, 0.5) is 0 Å². The van der Waals surface area contributed by atoms with Crippen molar-refractivity contribution in [3.63, 3.8) is 0 Å². The van der Waals surface area contributed by atoms with Gasteiger partial charge in [0.1, 0.15) is 16.0 Å². The number of unbranched alkanes of at least 4 members (excludes halogenated alkanes) is 1. The van der Waals surface area contributed by atoms with E-state index >= 15 is 0 Å². The quantitative estimate of drug-likeness (QED) is 0.576. The molecule has 1 aliphatic heterocycles. The maximum Gasteiger partial charge on any atom is 0.265 e. The summed E-state index contributed by atoms with van der Waals surface area (Å²) in [5.74, 6) is 1.47. The summed E-state index contributed by atoms with van der Waals surface area (Å²) in [6, 6.07) is 6.27. The molecule has 0 spiro atoms. The summed E-state index contributed by atoms with van der Waals surface area (Å²) in [6.45, 7) is 12.1. The van der Waals surface area contributed by atoms with Gasteiger partial charge in [0.15, 0.2) is 0 Å². The number of likely N-dealkylation sites (N-methyl/N-ethyl adjacent to an activating group) is 1. The molecular formula is C23H33BrN4O2. The highest BCUT2D eigenvalue weighted by molar-refractivity contribution is 9.10. The van der Waals surface area contributed by atoms with Gasteiger partial charge in [0.2, 0.25) is 0 Å². The minimum absolute atomic E-state index is 0.137. The van der Waals surface area contributed by atoms with Gasteiger partial charge in [-0.05, 0) is 53.0 Å². The van der Waals surface area contributed by atoms with Gasteiger partial charge in [0.25, 0.3) is 5.56 Å². The number of aromatic nitrogens is 2. The standard InChI is InChI=1S/C23H33BrN4O2/c1-5-6-13-30-19-8-7-17(15-28-11-9-27(4)10-12-28)14-18(19)22-25-21(16(2)3)20(24)23(29)26-22/h7-8,14,16H,5-6,9-13,15H2,1-4H3,(H,25,26,29). The molecule has 0 radical (unpaired) electrons. The molecule has 1 aliphatic rings. The number of halogens is 1. The largest absolute Gasteiger partial charge is 0.493 e. The maximum atomic E-state index is 12.5. The summed E-state index contributed by atoms with van der Waals surface area (Å²) in [4.78, 5) is 25.1. The second-order valence-corrected chi connectivity index (χ2v) is 9.17. The van der Waals surface area contributed by atoms with E-state index in [2.05, 4.69) is 56.8 Å². The van der Waals surface area contributed by atoms with Crippen LogP contribution in [0.15, 0.2) is 27.5 Å². The topological polar surface area (TPSA) is 61.5 Å². The van der Waals surface area contributed by atoms with Crippen LogP contribution >= 0.6 is 15.9 Å². The van der Waals surface area contributed by atoms with Crippen molar-refractivity contribution in [2.24, 2.45) is 0 Å². The number of nitrogens with zero attached hydrogens (tertiary/aromatic N) is 3. The van der Waals surface area contributed by atoms with E-state index in [9.17, 15) is 4.79 Å². The third-order valence-electron chi connectivity index (χ3n) is 5.49. The molecule has 7 heteroatoms. The molecule has 2 aromatic rings. The van der Waals surface area contributed by atoms with Crippen LogP contribution in [0.5, 0.6) is 5.75 Å². The third kappa shape index (κ3) is 5.71. The lowest BCUT2D eigenvalue weighted by Crippen LogP contribution is -2.43. The lowest BCUT2D eigenvalue weighted by atomic mass is 10.1. The average molecular weight is 477 g/mol. The van der Waals surface area contributed by atoms with Gasteiger partial charge in [-0.15, -0.1) is 0 Å². The van der Waals surface area contributed by atoms with Crippen LogP contribution in [0.3, 0.4) is 0 Å². The number of nitrogens with one attached hydrogen (secondary N) is 1. The lowest BCUT2D eigenvalue weighted by Gasteiger charge is -2.32. The molecule has 164 valence electrons. The Hall–Kier alpha value is -1.70. The summed E-state index contributed by atoms with van der Waals surface area (Å²) in [7, 11) is 2.17. The number of H-pyrrole nitrogens is 1. The van der Waals surface area contributed by atoms with Crippen LogP contribution < -0.4 is 10.3 Å². The number of rotatable bonds is 8. The van der Waals surface area contributed by atoms with Gasteiger partial charge in [0, 0.05) is 32.7 Å². The van der Waals surface area contributed by atoms with Crippen molar-refractivity contribution in [1.29, 1.82) is 0 Å². The molecule has 30 heavy (non-hydrogen) atoms. The Morgan fingerprint density at radius 1 is 1.23 bits per heavy atom. The number of ether oxygens (including phenoxy) is 1. The highest BCUT2D eigenvalue weighted by Gasteiger charge is 2.18. The average Bonchev–Trinajstić information content (AvgIpc) is 2.72. The Balaban J connectivity index is 1.96. The predicted molar refractivity (Wildman–Crippen MR) is 125 cm³/mol. The van der Waals surface area contributed by atoms with E-state index in [0.717, 1.165) is 62.6 Å². The zero-order valence-corrected chi connectivity index (χ0v) is 20.1. The van der Waals surface area contributed by atoms with E-state index in [-0.39, 0.29) is 11.5 Å². The number of hydrogen-bond donors (Lipinski definition) is 1. The summed E-state index contributed by atoms with van der Waals surface area (Å²) in [5, 5.41) is 0. The molecule has 0 aliphatic carbocycles. The van der Waals surface area contributed by atoms with Crippen molar-refractivity contribution < 1.29 is 4.74 Å². The fourth-order valence-electron chi connectivity index (χ4n) is 3.56. The third-order valence-corrected chi connectivity index (χ3v) is 6.26. The molecule has 0 amide bonds. The molecular weight excluding hydrogens is 444 g/mol. The molecule has 0 unspecified atom stereocenters. The van der Waals surface area contributed by atoms with Crippen molar-refractivity contribution in [1.82, 2.24) is 19.8 Å². The predicted octanol–water partition coefficient (Wildman–Crippen LogP) is 4.25. The Morgan fingerprint density at radius 3 is 2.63 bits per heavy atom. The van der Waals surface area contributed by atoms with Crippen molar-refractivity contribution in [3.05, 3.63) is 44.3 Å². The van der Waals surface area contributed by atoms with Crippen molar-refractivity contribution in [2.75, 3.05) is 39.8 Å². The van der Waals surface area contributed by atoms with E-state index in [4.69, 9.17) is 9.72 Å². The van der Waals surface area contributed by atoms with Crippen LogP contribution in [0.1, 0.15) is 50.8 Å². The Bertz CT molecular complexity index is 905. The SMILES string of the molecule is CCCCOc1ccc(CN2CCN(C)CC2)cc1-c1nc(C(C)C)c(Br)c(=O)[nH]1. The van der Waals surface area contributed by atoms with Crippen LogP contribution in [0.2, 0.25) is 0 Å². The summed E-state index contributed by atoms with van der Waals surface area (Å²) >= 11 is 3.39. The molecule has 6 nitrogen and oxygen atoms in total. The van der Waals surface area contributed by atoms with Gasteiger partial charge >= 0.3 is 0 Å². The highest BCUT2D eigenvalue weighted by atomic mass is 79.9. The van der Waals surface area contributed by atoms with Gasteiger partial charge in [-0.1, -0.05) is 33.3 Å². The van der Waals surface area contributed by atoms with Crippen LogP contribution in [-0.2, 0) is 6.54 Å². The number of benzene rings is 1. The first kappa shape index (κ1) is 23.0. The molecule has 1 N–H and O–H groups in total. The fourth-order valence-corrected chi connectivity index (χ4v) is 4.21. The molecule has 1 saturated heterocycles. The Morgan fingerprint density at radius 2 is 1.97 bits per heavy atom. The Labute approximate surface area is 187 Å². The van der Waals surface area contributed by atoms with E-state index in [1.54, 1.807) is 0 Å². The number of aromatic amines is 1. The van der Waals surface area contributed by atoms with Crippen LogP contribution in [0, 0.1) is 0 Å². The number of hydrogen-bond acceptors (Lipinski definition) is 5. The lowest BCUT2D eigenvalue weighted by molar-refractivity contribution is 0.148. The first-order chi connectivity index (χ1) is 14.4. The molecule has 1 aromatic heterocycles. The minimum Gasteiger partial charge on any atom is -0.493 e. The molecule has 0 bridgehead atoms. The van der Waals surface area contributed by atoms with E-state index in [1.807, 2.05) is 19.9 Å². The first-order valence-corrected chi connectivity index (χ1v) is 11.6. The Kier molecular flexibility index (Phi) is 8.08. The molecule has 0 atom stereocenters. The van der Waals surface area contributed by atoms with Crippen LogP contribution in [-0.4, -0.2) is 59.6 Å². The van der Waals surface area contributed by atoms with Crippen LogP contribution in [0.25, 0.3) is 11.4 Å². The van der Waals surface area contributed by atoms with Gasteiger partial charge < -0.3 is 14.6 Å². The van der Waals surface area contributed by atoms with Crippen molar-refractivity contribution >= 4 is 15.9 Å². The molecule has 1 fully saturated rings. The number of piperazine rings is 1. The molecule has 3 rings (SSSR count). The molecule has 2 heterocycles. The smallest absolute Gasteiger partial charge is 0.265 e. The zero-order chi connectivity index (χ0) is 21.7. The monoisotopic (exact) mass is 476 g/mol. The van der Waals surface area contributed by atoms with E-state index < -0.39 is 0 Å². The van der Waals surface area contributed by atoms with Gasteiger partial charge in [-0.2, -0.15) is 0 Å². The maximum absolute atomic E-state index is 12.5. The van der Waals surface area contributed by atoms with Gasteiger partial charge in [-0.3, -0.25) is 9.69 Å². The summed E-state index contributed by atoms with van der Waals surface area (Å²) in [5.41, 5.74) is 2.66. The first-order valence-electron chi connectivity index (χ1n) is 10.9. The summed E-state index contributed by atoms with van der Waals surface area (Å²) < 4.78 is 6.57. The van der Waals surface area contributed by atoms with Gasteiger partial charge in [-0.25, -0.2) is 4.98 Å². The molecule has 0 saturated carbocycles. The van der Waals surface area contributed by atoms with Crippen molar-refractivity contribution in [3.8, 4) is 17.1 Å². The minimum atomic E-state index is -0.160. The second-order valence-electron chi connectivity index (χ2n) is 8.38. The second kappa shape index (κ2) is 10.6. The van der Waals surface area contributed by atoms with Crippen molar-refractivity contribution in [2.45, 2.75) is 46.1 Å².